The van der Waals surface area contributed by atoms with Crippen LogP contribution in [-0.4, -0.2) is 29.9 Å². The van der Waals surface area contributed by atoms with Crippen molar-refractivity contribution >= 4 is 11.7 Å². The molecule has 1 N–H and O–H groups in total. The van der Waals surface area contributed by atoms with Crippen molar-refractivity contribution in [2.24, 2.45) is 52.8 Å². The van der Waals surface area contributed by atoms with Gasteiger partial charge in [-0.1, -0.05) is 38.8 Å². The molecule has 5 fully saturated rings. The van der Waals surface area contributed by atoms with Gasteiger partial charge in [0.1, 0.15) is 5.78 Å². The van der Waals surface area contributed by atoms with E-state index in [1.54, 1.807) is 11.1 Å². The van der Waals surface area contributed by atoms with Crippen molar-refractivity contribution in [1.29, 1.82) is 0 Å². The van der Waals surface area contributed by atoms with E-state index < -0.39 is 0 Å². The molecular formula is C35H55NO3. The number of ketones is 1. The average Bonchev–Trinajstić information content (AvgIpc) is 3.34. The standard InChI is InChI=1S/C35H55NO3/c1-6-7-32(38)36-15-12-24-16-21(2)17-31-33(24)23(4)35(39-31)14-11-27-28-9-8-25-18-26(37)10-13-34(25,5)30(28)19-29(27)22(3)20-35/h21,23-25,27-28,30-31,33H,6-20H2,1-5H3,(H,36,38)/t21-,23-,24?,25-,27+,28+,30+,31-,33-,34+,35+/m1/s1. The normalized spacial score (nSPS) is 47.3. The number of fused-ring (bicyclic) bond motifs is 6. The molecule has 5 aliphatic carbocycles. The van der Waals surface area contributed by atoms with E-state index in [4.69, 9.17) is 4.74 Å². The van der Waals surface area contributed by atoms with Crippen LogP contribution < -0.4 is 5.32 Å². The van der Waals surface area contributed by atoms with Crippen LogP contribution in [0.4, 0.5) is 0 Å². The fourth-order valence-corrected chi connectivity index (χ4v) is 11.4. The summed E-state index contributed by atoms with van der Waals surface area (Å²) in [6, 6.07) is 0. The monoisotopic (exact) mass is 537 g/mol. The third-order valence-electron chi connectivity index (χ3n) is 13.4. The maximum Gasteiger partial charge on any atom is 0.219 e. The molecule has 0 radical (unpaired) electrons. The molecule has 0 aromatic heterocycles. The molecule has 0 bridgehead atoms. The zero-order chi connectivity index (χ0) is 27.5. The van der Waals surface area contributed by atoms with Gasteiger partial charge in [-0.3, -0.25) is 9.59 Å². The van der Waals surface area contributed by atoms with Gasteiger partial charge in [0.25, 0.3) is 0 Å². The first kappa shape index (κ1) is 28.0. The van der Waals surface area contributed by atoms with Crippen molar-refractivity contribution < 1.29 is 14.3 Å². The number of amides is 1. The van der Waals surface area contributed by atoms with Gasteiger partial charge < -0.3 is 10.1 Å². The number of carbonyl (C=O) groups excluding carboxylic acids is 2. The minimum absolute atomic E-state index is 0.00160. The first-order valence-corrected chi connectivity index (χ1v) is 16.8. The maximum atomic E-state index is 12.3. The van der Waals surface area contributed by atoms with Crippen molar-refractivity contribution in [1.82, 2.24) is 5.32 Å². The Kier molecular flexibility index (Phi) is 7.60. The molecule has 218 valence electrons. The highest BCUT2D eigenvalue weighted by atomic mass is 16.5. The number of allylic oxidation sites excluding steroid dienone is 1. The lowest BCUT2D eigenvalue weighted by molar-refractivity contribution is -0.130. The summed E-state index contributed by atoms with van der Waals surface area (Å²) in [5.41, 5.74) is 3.82. The molecule has 4 saturated carbocycles. The molecule has 4 nitrogen and oxygen atoms in total. The van der Waals surface area contributed by atoms with E-state index in [1.807, 2.05) is 0 Å². The molecule has 6 rings (SSSR count). The van der Waals surface area contributed by atoms with E-state index in [2.05, 4.69) is 39.9 Å². The highest BCUT2D eigenvalue weighted by Gasteiger charge is 2.60. The Balaban J connectivity index is 1.19. The summed E-state index contributed by atoms with van der Waals surface area (Å²) >= 11 is 0. The fourth-order valence-electron chi connectivity index (χ4n) is 11.4. The smallest absolute Gasteiger partial charge is 0.219 e. The molecule has 1 heterocycles. The molecule has 0 aromatic carbocycles. The number of ether oxygens (including phenoxy) is 1. The lowest BCUT2D eigenvalue weighted by atomic mass is 9.52. The van der Waals surface area contributed by atoms with Crippen molar-refractivity contribution in [3.05, 3.63) is 11.1 Å². The fraction of sp³-hybridized carbons (Fsp3) is 0.886. The van der Waals surface area contributed by atoms with Gasteiger partial charge in [0, 0.05) is 25.8 Å². The second-order valence-electron chi connectivity index (χ2n) is 15.4. The van der Waals surface area contributed by atoms with E-state index in [9.17, 15) is 9.59 Å². The van der Waals surface area contributed by atoms with Crippen molar-refractivity contribution in [3.63, 3.8) is 0 Å². The maximum absolute atomic E-state index is 12.3. The molecule has 11 atom stereocenters. The number of hydrogen-bond donors (Lipinski definition) is 1. The Labute approximate surface area is 237 Å². The largest absolute Gasteiger partial charge is 0.371 e. The third-order valence-corrected chi connectivity index (χ3v) is 13.4. The summed E-state index contributed by atoms with van der Waals surface area (Å²) in [6.07, 6.45) is 15.8. The molecule has 1 saturated heterocycles. The molecule has 6 aliphatic rings. The SMILES string of the molecule is CCCC(=O)NCCC1C[C@@H](C)C[C@H]2O[C@]3(CC[C@@H]4C(=C(C)C3)C[C@H]3[C@H]4CC[C@@H]4CC(=O)CC[C@@]43C)[C@H](C)[C@H]12. The zero-order valence-electron chi connectivity index (χ0n) is 25.5. The topological polar surface area (TPSA) is 55.4 Å². The molecule has 1 aliphatic heterocycles. The highest BCUT2D eigenvalue weighted by molar-refractivity contribution is 5.79. The third kappa shape index (κ3) is 4.77. The van der Waals surface area contributed by atoms with Crippen LogP contribution in [0.2, 0.25) is 0 Å². The summed E-state index contributed by atoms with van der Waals surface area (Å²) in [7, 11) is 0. The first-order chi connectivity index (χ1) is 18.6. The summed E-state index contributed by atoms with van der Waals surface area (Å²) in [5, 5.41) is 3.20. The molecule has 1 unspecified atom stereocenters. The van der Waals surface area contributed by atoms with Crippen LogP contribution in [0.5, 0.6) is 0 Å². The molecule has 1 spiro atoms. The second kappa shape index (κ2) is 10.6. The van der Waals surface area contributed by atoms with Gasteiger partial charge in [0.15, 0.2) is 0 Å². The van der Waals surface area contributed by atoms with Gasteiger partial charge in [0.05, 0.1) is 11.7 Å². The summed E-state index contributed by atoms with van der Waals surface area (Å²) in [5.74, 6) is 6.26. The number of carbonyl (C=O) groups is 2. The minimum atomic E-state index is -0.00160. The number of rotatable bonds is 5. The van der Waals surface area contributed by atoms with Gasteiger partial charge in [-0.15, -0.1) is 0 Å². The number of hydrogen-bond acceptors (Lipinski definition) is 3. The van der Waals surface area contributed by atoms with Crippen molar-refractivity contribution in [3.8, 4) is 0 Å². The summed E-state index contributed by atoms with van der Waals surface area (Å²) < 4.78 is 7.28. The predicted octanol–water partition coefficient (Wildman–Crippen LogP) is 7.65. The Hall–Kier alpha value is -1.16. The predicted molar refractivity (Wildman–Crippen MR) is 156 cm³/mol. The van der Waals surface area contributed by atoms with Gasteiger partial charge in [-0.25, -0.2) is 0 Å². The van der Waals surface area contributed by atoms with Crippen molar-refractivity contribution in [2.45, 2.75) is 136 Å². The zero-order valence-corrected chi connectivity index (χ0v) is 25.5. The van der Waals surface area contributed by atoms with Crippen LogP contribution in [0, 0.1) is 52.8 Å². The Morgan fingerprint density at radius 2 is 1.92 bits per heavy atom. The van der Waals surface area contributed by atoms with Crippen LogP contribution >= 0.6 is 0 Å². The van der Waals surface area contributed by atoms with Gasteiger partial charge >= 0.3 is 0 Å². The van der Waals surface area contributed by atoms with Crippen LogP contribution in [0.25, 0.3) is 0 Å². The molecule has 0 aromatic rings. The van der Waals surface area contributed by atoms with Crippen LogP contribution in [0.1, 0.15) is 125 Å². The quantitative estimate of drug-likeness (QED) is 0.366. The Bertz CT molecular complexity index is 1000. The molecule has 1 amide bonds. The van der Waals surface area contributed by atoms with Gasteiger partial charge in [0.2, 0.25) is 5.91 Å². The first-order valence-electron chi connectivity index (χ1n) is 16.8. The summed E-state index contributed by atoms with van der Waals surface area (Å²) in [6.45, 7) is 12.8. The van der Waals surface area contributed by atoms with Crippen LogP contribution in [0.15, 0.2) is 11.1 Å². The minimum Gasteiger partial charge on any atom is -0.371 e. The number of Topliss-reactive ketones (excluding diaryl/α,β-unsaturated/α-hetero) is 1. The Morgan fingerprint density at radius 1 is 1.10 bits per heavy atom. The molecule has 39 heavy (non-hydrogen) atoms. The van der Waals surface area contributed by atoms with E-state index in [0.717, 1.165) is 62.8 Å². The number of nitrogens with one attached hydrogen (secondary N) is 1. The van der Waals surface area contributed by atoms with Crippen LogP contribution in [0.3, 0.4) is 0 Å². The average molecular weight is 538 g/mol. The van der Waals surface area contributed by atoms with E-state index in [1.165, 1.54) is 44.9 Å². The molecule has 4 heteroatoms. The Morgan fingerprint density at radius 3 is 2.72 bits per heavy atom. The van der Waals surface area contributed by atoms with Gasteiger partial charge in [-0.05, 0) is 130 Å². The van der Waals surface area contributed by atoms with E-state index in [-0.39, 0.29) is 11.5 Å². The van der Waals surface area contributed by atoms with Gasteiger partial charge in [-0.2, -0.15) is 0 Å². The molecular weight excluding hydrogens is 482 g/mol. The lowest BCUT2D eigenvalue weighted by Crippen LogP contribution is -2.46. The summed E-state index contributed by atoms with van der Waals surface area (Å²) in [4.78, 5) is 24.4. The van der Waals surface area contributed by atoms with E-state index >= 15 is 0 Å². The highest BCUT2D eigenvalue weighted by Crippen LogP contribution is 2.65. The second-order valence-corrected chi connectivity index (χ2v) is 15.4. The van der Waals surface area contributed by atoms with Crippen molar-refractivity contribution in [2.75, 3.05) is 6.54 Å². The lowest BCUT2D eigenvalue weighted by Gasteiger charge is -2.52. The van der Waals surface area contributed by atoms with E-state index in [0.29, 0.717) is 53.3 Å². The van der Waals surface area contributed by atoms with Crippen LogP contribution in [-0.2, 0) is 14.3 Å².